The van der Waals surface area contributed by atoms with Gasteiger partial charge < -0.3 is 20.5 Å². The zero-order valence-electron chi connectivity index (χ0n) is 20.6. The monoisotopic (exact) mass is 601 g/mol. The lowest BCUT2D eigenvalue weighted by atomic mass is 10.0. The molecule has 0 saturated heterocycles. The Kier molecular flexibility index (Phi) is 8.12. The molecule has 2 aromatic heterocycles. The summed E-state index contributed by atoms with van der Waals surface area (Å²) < 4.78 is 39.5. The van der Waals surface area contributed by atoms with Crippen molar-refractivity contribution in [1.82, 2.24) is 9.55 Å². The van der Waals surface area contributed by atoms with E-state index in [0.29, 0.717) is 39.0 Å². The molecule has 0 fully saturated rings. The summed E-state index contributed by atoms with van der Waals surface area (Å²) in [7, 11) is -3.13. The molecule has 2 aromatic carbocycles. The lowest BCUT2D eigenvalue weighted by Crippen LogP contribution is -2.22. The molecule has 0 aliphatic heterocycles. The molecule has 0 unspecified atom stereocenters. The summed E-state index contributed by atoms with van der Waals surface area (Å²) in [5.41, 5.74) is 1.42. The number of fused-ring (bicyclic) bond motifs is 1. The fourth-order valence-corrected chi connectivity index (χ4v) is 4.90. The predicted molar refractivity (Wildman–Crippen MR) is 152 cm³/mol. The first kappa shape index (κ1) is 27.3. The maximum Gasteiger partial charge on any atom is 0.323 e. The Balaban J connectivity index is 1.69. The predicted octanol–water partition coefficient (Wildman–Crippen LogP) is 5.09. The third kappa shape index (κ3) is 6.37. The summed E-state index contributed by atoms with van der Waals surface area (Å²) >= 11 is 3.35. The first-order valence-corrected chi connectivity index (χ1v) is 14.5. The SMILES string of the molecule is CCn1c(=O)c(-c2cc(NC(=O)Nc3ccccc3)c(F)cc2Br)cc2cnc(NCCS(C)(=O)=O)cc21. The molecule has 2 amide bonds. The number of hydrogen-bond acceptors (Lipinski definition) is 6. The van der Waals surface area contributed by atoms with E-state index < -0.39 is 21.7 Å². The first-order chi connectivity index (χ1) is 18.1. The fraction of sp³-hybridized carbons (Fsp3) is 0.192. The van der Waals surface area contributed by atoms with E-state index in [9.17, 15) is 22.4 Å². The highest BCUT2D eigenvalue weighted by molar-refractivity contribution is 9.10. The van der Waals surface area contributed by atoms with E-state index in [0.717, 1.165) is 6.26 Å². The molecule has 198 valence electrons. The first-order valence-electron chi connectivity index (χ1n) is 11.6. The summed E-state index contributed by atoms with van der Waals surface area (Å²) in [6.07, 6.45) is 2.74. The van der Waals surface area contributed by atoms with Crippen LogP contribution in [0.25, 0.3) is 22.0 Å². The number of benzene rings is 2. The van der Waals surface area contributed by atoms with E-state index in [1.807, 2.05) is 13.0 Å². The van der Waals surface area contributed by atoms with E-state index in [2.05, 4.69) is 36.9 Å². The minimum Gasteiger partial charge on any atom is -0.369 e. The molecule has 0 aliphatic rings. The van der Waals surface area contributed by atoms with Crippen molar-refractivity contribution < 1.29 is 17.6 Å². The van der Waals surface area contributed by atoms with E-state index in [1.54, 1.807) is 47.2 Å². The second kappa shape index (κ2) is 11.3. The van der Waals surface area contributed by atoms with Crippen molar-refractivity contribution in [3.8, 4) is 11.1 Å². The Morgan fingerprint density at radius 1 is 1.08 bits per heavy atom. The zero-order valence-corrected chi connectivity index (χ0v) is 23.0. The average Bonchev–Trinajstić information content (AvgIpc) is 2.85. The van der Waals surface area contributed by atoms with Crippen molar-refractivity contribution in [3.63, 3.8) is 0 Å². The second-order valence-corrected chi connectivity index (χ2v) is 11.7. The van der Waals surface area contributed by atoms with E-state index >= 15 is 0 Å². The van der Waals surface area contributed by atoms with E-state index in [4.69, 9.17) is 0 Å². The van der Waals surface area contributed by atoms with Gasteiger partial charge in [-0.15, -0.1) is 0 Å². The third-order valence-electron chi connectivity index (χ3n) is 5.70. The molecule has 0 spiro atoms. The molecule has 4 aromatic rings. The fourth-order valence-electron chi connectivity index (χ4n) is 3.90. The number of halogens is 2. The summed E-state index contributed by atoms with van der Waals surface area (Å²) in [5, 5.41) is 8.76. The number of carbonyl (C=O) groups excluding carboxylic acids is 1. The molecule has 0 saturated carbocycles. The molecule has 0 aliphatic carbocycles. The van der Waals surface area contributed by atoms with Gasteiger partial charge in [-0.1, -0.05) is 34.1 Å². The van der Waals surface area contributed by atoms with Crippen LogP contribution in [0.3, 0.4) is 0 Å². The average molecular weight is 602 g/mol. The number of hydrogen-bond donors (Lipinski definition) is 3. The lowest BCUT2D eigenvalue weighted by molar-refractivity contribution is 0.262. The standard InChI is InChI=1S/C26H25BrFN5O4S/c1-3-33-23-14-24(29-9-10-38(2,36)37)30-15-16(23)11-19(25(33)34)18-12-22(21(28)13-20(18)27)32-26(35)31-17-7-5-4-6-8-17/h4-8,11-15H,3,9-10H2,1-2H3,(H,29,30)(H2,31,32,35). The van der Waals surface area contributed by atoms with Crippen LogP contribution in [0.2, 0.25) is 0 Å². The molecule has 0 atom stereocenters. The Labute approximate surface area is 227 Å². The number of carbonyl (C=O) groups is 1. The molecule has 12 heteroatoms. The van der Waals surface area contributed by atoms with Gasteiger partial charge in [0.05, 0.1) is 17.0 Å². The molecule has 0 bridgehead atoms. The van der Waals surface area contributed by atoms with E-state index in [-0.39, 0.29) is 29.1 Å². The quantitative estimate of drug-likeness (QED) is 0.259. The van der Waals surface area contributed by atoms with Crippen LogP contribution in [0.5, 0.6) is 0 Å². The van der Waals surface area contributed by atoms with E-state index in [1.165, 1.54) is 12.1 Å². The van der Waals surface area contributed by atoms with Crippen LogP contribution in [-0.2, 0) is 16.4 Å². The highest BCUT2D eigenvalue weighted by Gasteiger charge is 2.18. The number of aromatic nitrogens is 2. The third-order valence-corrected chi connectivity index (χ3v) is 7.30. The zero-order chi connectivity index (χ0) is 27.4. The lowest BCUT2D eigenvalue weighted by Gasteiger charge is -2.15. The van der Waals surface area contributed by atoms with Gasteiger partial charge in [0.1, 0.15) is 21.5 Å². The highest BCUT2D eigenvalue weighted by Crippen LogP contribution is 2.33. The largest absolute Gasteiger partial charge is 0.369 e. The van der Waals surface area contributed by atoms with Crippen LogP contribution in [0.4, 0.5) is 26.4 Å². The van der Waals surface area contributed by atoms with Crippen LogP contribution < -0.4 is 21.5 Å². The molecular weight excluding hydrogens is 577 g/mol. The van der Waals surface area contributed by atoms with Crippen molar-refractivity contribution in [3.05, 3.63) is 81.4 Å². The molecule has 3 N–H and O–H groups in total. The van der Waals surface area contributed by atoms with Gasteiger partial charge in [-0.2, -0.15) is 0 Å². The molecule has 9 nitrogen and oxygen atoms in total. The van der Waals surface area contributed by atoms with Crippen molar-refractivity contribution in [2.24, 2.45) is 0 Å². The van der Waals surface area contributed by atoms with Gasteiger partial charge >= 0.3 is 6.03 Å². The minimum atomic E-state index is -3.13. The van der Waals surface area contributed by atoms with Gasteiger partial charge in [0.25, 0.3) is 5.56 Å². The smallest absolute Gasteiger partial charge is 0.323 e. The Bertz CT molecular complexity index is 1680. The van der Waals surface area contributed by atoms with Gasteiger partial charge in [0, 0.05) is 58.3 Å². The van der Waals surface area contributed by atoms with Gasteiger partial charge in [-0.3, -0.25) is 4.79 Å². The number of nitrogens with one attached hydrogen (secondary N) is 3. The number of nitrogens with zero attached hydrogens (tertiary/aromatic N) is 2. The minimum absolute atomic E-state index is 0.0510. The van der Waals surface area contributed by atoms with Crippen LogP contribution in [-0.4, -0.2) is 42.6 Å². The summed E-state index contributed by atoms with van der Waals surface area (Å²) in [6.45, 7) is 2.35. The maximum atomic E-state index is 14.8. The number of aryl methyl sites for hydroxylation is 1. The van der Waals surface area contributed by atoms with Gasteiger partial charge in [-0.05, 0) is 37.3 Å². The number of amides is 2. The number of pyridine rings is 2. The number of anilines is 3. The number of sulfone groups is 1. The number of urea groups is 1. The topological polar surface area (TPSA) is 122 Å². The van der Waals surface area contributed by atoms with Gasteiger partial charge in [0.15, 0.2) is 0 Å². The molecular formula is C26H25BrFN5O4S. The number of para-hydroxylation sites is 1. The Morgan fingerprint density at radius 2 is 1.82 bits per heavy atom. The molecule has 0 radical (unpaired) electrons. The Hall–Kier alpha value is -3.77. The van der Waals surface area contributed by atoms with Crippen molar-refractivity contribution in [2.45, 2.75) is 13.5 Å². The molecule has 38 heavy (non-hydrogen) atoms. The molecule has 2 heterocycles. The van der Waals surface area contributed by atoms with Gasteiger partial charge in [-0.25, -0.2) is 22.6 Å². The normalized spacial score (nSPS) is 11.4. The van der Waals surface area contributed by atoms with Crippen LogP contribution >= 0.6 is 15.9 Å². The van der Waals surface area contributed by atoms with Gasteiger partial charge in [0.2, 0.25) is 0 Å². The van der Waals surface area contributed by atoms with Crippen molar-refractivity contribution in [2.75, 3.05) is 34.5 Å². The summed E-state index contributed by atoms with van der Waals surface area (Å²) in [4.78, 5) is 30.3. The highest BCUT2D eigenvalue weighted by atomic mass is 79.9. The summed E-state index contributed by atoms with van der Waals surface area (Å²) in [5.74, 6) is -0.286. The van der Waals surface area contributed by atoms with Crippen LogP contribution in [0.1, 0.15) is 6.92 Å². The summed E-state index contributed by atoms with van der Waals surface area (Å²) in [6, 6.07) is 14.0. The van der Waals surface area contributed by atoms with Crippen molar-refractivity contribution >= 4 is 59.9 Å². The maximum absolute atomic E-state index is 14.8. The van der Waals surface area contributed by atoms with Crippen molar-refractivity contribution in [1.29, 1.82) is 0 Å². The Morgan fingerprint density at radius 3 is 2.50 bits per heavy atom. The van der Waals surface area contributed by atoms with Crippen LogP contribution in [0.15, 0.2) is 70.1 Å². The molecule has 4 rings (SSSR count). The second-order valence-electron chi connectivity index (χ2n) is 8.55. The number of rotatable bonds is 8. The van der Waals surface area contributed by atoms with Crippen LogP contribution in [0, 0.1) is 5.82 Å².